The van der Waals surface area contributed by atoms with Crippen LogP contribution >= 0.6 is 0 Å². The van der Waals surface area contributed by atoms with Gasteiger partial charge in [0.15, 0.2) is 0 Å². The zero-order chi connectivity index (χ0) is 10.1. The van der Waals surface area contributed by atoms with E-state index in [-0.39, 0.29) is 5.92 Å². The molecule has 0 spiro atoms. The third kappa shape index (κ3) is 1.52. The molecule has 2 rings (SSSR count). The molecule has 1 heterocycles. The first kappa shape index (κ1) is 9.26. The van der Waals surface area contributed by atoms with Crippen LogP contribution in [-0.4, -0.2) is 9.78 Å². The van der Waals surface area contributed by atoms with E-state index in [4.69, 9.17) is 5.26 Å². The molecule has 0 saturated carbocycles. The number of hydrogen-bond donors (Lipinski definition) is 0. The van der Waals surface area contributed by atoms with Crippen molar-refractivity contribution < 1.29 is 0 Å². The van der Waals surface area contributed by atoms with Crippen molar-refractivity contribution in [2.75, 3.05) is 0 Å². The topological polar surface area (TPSA) is 41.6 Å². The van der Waals surface area contributed by atoms with E-state index in [0.29, 0.717) is 6.04 Å². The summed E-state index contributed by atoms with van der Waals surface area (Å²) in [6.07, 6.45) is 4.98. The zero-order valence-electron chi connectivity index (χ0n) is 8.70. The van der Waals surface area contributed by atoms with E-state index in [9.17, 15) is 0 Å². The average molecular weight is 189 g/mol. The van der Waals surface area contributed by atoms with Gasteiger partial charge in [0.1, 0.15) is 0 Å². The molecule has 0 aliphatic heterocycles. The maximum absolute atomic E-state index is 8.85. The van der Waals surface area contributed by atoms with Crippen molar-refractivity contribution in [3.05, 3.63) is 17.5 Å². The quantitative estimate of drug-likeness (QED) is 0.678. The predicted octanol–water partition coefficient (Wildman–Crippen LogP) is 2.09. The molecule has 1 aromatic heterocycles. The van der Waals surface area contributed by atoms with E-state index in [1.165, 1.54) is 5.56 Å². The van der Waals surface area contributed by atoms with E-state index in [1.807, 2.05) is 4.68 Å². The van der Waals surface area contributed by atoms with Gasteiger partial charge in [0.25, 0.3) is 0 Å². The fraction of sp³-hybridized carbons (Fsp3) is 0.636. The minimum atomic E-state index is 0.179. The molecule has 0 fully saturated rings. The van der Waals surface area contributed by atoms with Crippen LogP contribution in [0.15, 0.2) is 6.20 Å². The third-order valence-electron chi connectivity index (χ3n) is 2.81. The minimum Gasteiger partial charge on any atom is -0.270 e. The lowest BCUT2D eigenvalue weighted by Gasteiger charge is -2.13. The van der Waals surface area contributed by atoms with Gasteiger partial charge in [-0.25, -0.2) is 0 Å². The van der Waals surface area contributed by atoms with Crippen molar-refractivity contribution in [2.45, 2.75) is 39.2 Å². The Kier molecular flexibility index (Phi) is 2.28. The number of rotatable bonds is 1. The molecule has 1 atom stereocenters. The van der Waals surface area contributed by atoms with Crippen molar-refractivity contribution in [1.29, 1.82) is 5.26 Å². The molecule has 3 nitrogen and oxygen atoms in total. The van der Waals surface area contributed by atoms with Crippen LogP contribution in [-0.2, 0) is 12.8 Å². The number of nitriles is 1. The Hall–Kier alpha value is -1.30. The van der Waals surface area contributed by atoms with Crippen LogP contribution < -0.4 is 0 Å². The van der Waals surface area contributed by atoms with E-state index < -0.39 is 0 Å². The van der Waals surface area contributed by atoms with Gasteiger partial charge in [-0.3, -0.25) is 4.68 Å². The Morgan fingerprint density at radius 3 is 3.07 bits per heavy atom. The van der Waals surface area contributed by atoms with Gasteiger partial charge in [-0.1, -0.05) is 0 Å². The number of aromatic nitrogens is 2. The standard InChI is InChI=1S/C11H15N3/c1-8(2)14-7-10-4-3-9(6-12)5-11(10)13-14/h7-9H,3-5H2,1-2H3. The summed E-state index contributed by atoms with van der Waals surface area (Å²) in [5.74, 6) is 0.179. The second-order valence-electron chi connectivity index (χ2n) is 4.24. The molecule has 0 amide bonds. The van der Waals surface area contributed by atoms with Crippen LogP contribution in [0.2, 0.25) is 0 Å². The van der Waals surface area contributed by atoms with Gasteiger partial charge >= 0.3 is 0 Å². The zero-order valence-corrected chi connectivity index (χ0v) is 8.70. The van der Waals surface area contributed by atoms with Gasteiger partial charge in [-0.15, -0.1) is 0 Å². The van der Waals surface area contributed by atoms with Crippen molar-refractivity contribution in [3.8, 4) is 6.07 Å². The largest absolute Gasteiger partial charge is 0.270 e. The number of aryl methyl sites for hydroxylation is 1. The number of fused-ring (bicyclic) bond motifs is 1. The molecule has 1 unspecified atom stereocenters. The highest BCUT2D eigenvalue weighted by atomic mass is 15.3. The van der Waals surface area contributed by atoms with Crippen molar-refractivity contribution in [1.82, 2.24) is 9.78 Å². The molecular formula is C11H15N3. The first-order chi connectivity index (χ1) is 6.70. The maximum Gasteiger partial charge on any atom is 0.0669 e. The Morgan fingerprint density at radius 2 is 2.43 bits per heavy atom. The van der Waals surface area contributed by atoms with Crippen LogP contribution in [0.1, 0.15) is 37.6 Å². The monoisotopic (exact) mass is 189 g/mol. The highest BCUT2D eigenvalue weighted by Crippen LogP contribution is 2.24. The van der Waals surface area contributed by atoms with Gasteiger partial charge in [-0.05, 0) is 32.3 Å². The molecular weight excluding hydrogens is 174 g/mol. The fourth-order valence-corrected chi connectivity index (χ4v) is 1.89. The highest BCUT2D eigenvalue weighted by Gasteiger charge is 2.21. The first-order valence-electron chi connectivity index (χ1n) is 5.17. The smallest absolute Gasteiger partial charge is 0.0669 e. The summed E-state index contributed by atoms with van der Waals surface area (Å²) in [5.41, 5.74) is 2.47. The number of hydrogen-bond acceptors (Lipinski definition) is 2. The first-order valence-corrected chi connectivity index (χ1v) is 5.17. The molecule has 0 bridgehead atoms. The second-order valence-corrected chi connectivity index (χ2v) is 4.24. The van der Waals surface area contributed by atoms with Crippen LogP contribution in [0.5, 0.6) is 0 Å². The van der Waals surface area contributed by atoms with Gasteiger partial charge in [-0.2, -0.15) is 10.4 Å². The summed E-state index contributed by atoms with van der Waals surface area (Å²) in [5, 5.41) is 13.4. The van der Waals surface area contributed by atoms with E-state index in [1.54, 1.807) is 0 Å². The van der Waals surface area contributed by atoms with Gasteiger partial charge in [0, 0.05) is 18.7 Å². The molecule has 1 aliphatic carbocycles. The van der Waals surface area contributed by atoms with E-state index in [2.05, 4.69) is 31.2 Å². The van der Waals surface area contributed by atoms with Crippen molar-refractivity contribution in [2.24, 2.45) is 5.92 Å². The lowest BCUT2D eigenvalue weighted by molar-refractivity contribution is 0.515. The summed E-state index contributed by atoms with van der Waals surface area (Å²) in [6, 6.07) is 2.75. The van der Waals surface area contributed by atoms with Crippen LogP contribution in [0.3, 0.4) is 0 Å². The Morgan fingerprint density at radius 1 is 1.64 bits per heavy atom. The summed E-state index contributed by atoms with van der Waals surface area (Å²) in [7, 11) is 0. The summed E-state index contributed by atoms with van der Waals surface area (Å²) in [6.45, 7) is 4.25. The van der Waals surface area contributed by atoms with Crippen LogP contribution in [0, 0.1) is 17.2 Å². The van der Waals surface area contributed by atoms with Gasteiger partial charge in [0.2, 0.25) is 0 Å². The van der Waals surface area contributed by atoms with Gasteiger partial charge < -0.3 is 0 Å². The fourth-order valence-electron chi connectivity index (χ4n) is 1.89. The molecule has 0 saturated heterocycles. The van der Waals surface area contributed by atoms with Crippen molar-refractivity contribution in [3.63, 3.8) is 0 Å². The molecule has 74 valence electrons. The van der Waals surface area contributed by atoms with E-state index in [0.717, 1.165) is 25.0 Å². The summed E-state index contributed by atoms with van der Waals surface area (Å²) >= 11 is 0. The Labute approximate surface area is 84.3 Å². The molecule has 1 aromatic rings. The molecule has 0 aromatic carbocycles. The maximum atomic E-state index is 8.85. The lowest BCUT2D eigenvalue weighted by atomic mass is 9.89. The molecule has 3 heteroatoms. The Bertz CT molecular complexity index is 370. The third-order valence-corrected chi connectivity index (χ3v) is 2.81. The van der Waals surface area contributed by atoms with Gasteiger partial charge in [0.05, 0.1) is 17.7 Å². The van der Waals surface area contributed by atoms with Crippen LogP contribution in [0.25, 0.3) is 0 Å². The second kappa shape index (κ2) is 3.45. The summed E-state index contributed by atoms with van der Waals surface area (Å²) < 4.78 is 2.00. The predicted molar refractivity (Wildman–Crippen MR) is 53.7 cm³/mol. The molecule has 0 radical (unpaired) electrons. The molecule has 14 heavy (non-hydrogen) atoms. The SMILES string of the molecule is CC(C)n1cc2c(n1)CC(C#N)CC2. The molecule has 1 aliphatic rings. The highest BCUT2D eigenvalue weighted by molar-refractivity contribution is 5.22. The Balaban J connectivity index is 2.26. The van der Waals surface area contributed by atoms with Crippen molar-refractivity contribution >= 4 is 0 Å². The minimum absolute atomic E-state index is 0.179. The van der Waals surface area contributed by atoms with Crippen LogP contribution in [0.4, 0.5) is 0 Å². The van der Waals surface area contributed by atoms with E-state index >= 15 is 0 Å². The summed E-state index contributed by atoms with van der Waals surface area (Å²) in [4.78, 5) is 0. The number of nitrogens with zero attached hydrogens (tertiary/aromatic N) is 3. The molecule has 0 N–H and O–H groups in total. The average Bonchev–Trinajstić information content (AvgIpc) is 2.59. The lowest BCUT2D eigenvalue weighted by Crippen LogP contribution is -2.11. The normalized spacial score (nSPS) is 20.6.